The first kappa shape index (κ1) is 29.2. The van der Waals surface area contributed by atoms with Crippen LogP contribution in [0.4, 0.5) is 0 Å². The van der Waals surface area contributed by atoms with Gasteiger partial charge in [-0.25, -0.2) is 0 Å². The predicted octanol–water partition coefficient (Wildman–Crippen LogP) is 4.04. The third-order valence-electron chi connectivity index (χ3n) is 6.84. The Hall–Kier alpha value is 1.01. The zero-order valence-corrected chi connectivity index (χ0v) is 20.8. The van der Waals surface area contributed by atoms with Crippen molar-refractivity contribution in [2.45, 2.75) is 137 Å². The fourth-order valence-corrected chi connectivity index (χ4v) is 6.55. The molecule has 0 aromatic carbocycles. The Morgan fingerprint density at radius 3 is 0.731 bits per heavy atom. The Labute approximate surface area is 183 Å². The van der Waals surface area contributed by atoms with Gasteiger partial charge in [-0.2, -0.15) is 0 Å². The van der Waals surface area contributed by atoms with Gasteiger partial charge in [0.2, 0.25) is 0 Å². The summed E-state index contributed by atoms with van der Waals surface area (Å²) in [5, 5.41) is 0. The Kier molecular flexibility index (Phi) is 15.8. The molecular formula is C21H46AlLiO3. The molecule has 0 aliphatic rings. The summed E-state index contributed by atoms with van der Waals surface area (Å²) >= 11 is -2.27. The van der Waals surface area contributed by atoms with Crippen LogP contribution in [-0.4, -0.2) is 32.0 Å². The van der Waals surface area contributed by atoms with Crippen molar-refractivity contribution in [3.05, 3.63) is 0 Å². The standard InChI is InChI=1S/3C7H15O.Al.Li.H/c3*1-4-7(8,5-2)6-3;;;/h3*4-6H2,1-3H3;;;/q3*-1;+3;+1;-1. The van der Waals surface area contributed by atoms with Crippen molar-refractivity contribution < 1.29 is 31.7 Å². The average molecular weight is 381 g/mol. The number of hydrogen-bond donors (Lipinski definition) is 0. The van der Waals surface area contributed by atoms with Gasteiger partial charge in [0.25, 0.3) is 0 Å². The van der Waals surface area contributed by atoms with Crippen molar-refractivity contribution in [3.8, 4) is 0 Å². The molecule has 26 heavy (non-hydrogen) atoms. The normalized spacial score (nSPS) is 12.8. The Bertz CT molecular complexity index is 269. The van der Waals surface area contributed by atoms with E-state index in [2.05, 4.69) is 62.3 Å². The molecule has 0 fully saturated rings. The zero-order chi connectivity index (χ0) is 19.6. The van der Waals surface area contributed by atoms with E-state index in [4.69, 9.17) is 11.4 Å². The van der Waals surface area contributed by atoms with Crippen LogP contribution in [0.1, 0.15) is 122 Å². The van der Waals surface area contributed by atoms with Crippen LogP contribution in [-0.2, 0) is 11.4 Å². The molecule has 3 nitrogen and oxygen atoms in total. The van der Waals surface area contributed by atoms with Crippen molar-refractivity contribution in [3.63, 3.8) is 0 Å². The molecule has 0 saturated heterocycles. The molecule has 0 saturated carbocycles. The molecule has 0 unspecified atom stereocenters. The summed E-state index contributed by atoms with van der Waals surface area (Å²) in [5.41, 5.74) is -0.337. The summed E-state index contributed by atoms with van der Waals surface area (Å²) in [7, 11) is 0. The smallest absolute Gasteiger partial charge is 1.00 e. The molecule has 152 valence electrons. The summed E-state index contributed by atoms with van der Waals surface area (Å²) in [6.07, 6.45) is 9.04. The topological polar surface area (TPSA) is 27.7 Å². The van der Waals surface area contributed by atoms with Crippen molar-refractivity contribution in [1.29, 1.82) is 0 Å². The fraction of sp³-hybridized carbons (Fsp3) is 1.00. The van der Waals surface area contributed by atoms with Crippen molar-refractivity contribution in [1.82, 2.24) is 0 Å². The van der Waals surface area contributed by atoms with Gasteiger partial charge in [0.15, 0.2) is 0 Å². The van der Waals surface area contributed by atoms with Gasteiger partial charge < -0.3 is 12.8 Å². The minimum Gasteiger partial charge on any atom is -1.00 e. The molecule has 0 amide bonds. The van der Waals surface area contributed by atoms with Crippen LogP contribution in [0.5, 0.6) is 0 Å². The first-order chi connectivity index (χ1) is 11.8. The van der Waals surface area contributed by atoms with Crippen LogP contribution in [0.25, 0.3) is 0 Å². The second-order valence-electron chi connectivity index (χ2n) is 7.37. The summed E-state index contributed by atoms with van der Waals surface area (Å²) < 4.78 is 20.1. The van der Waals surface area contributed by atoms with Crippen LogP contribution in [0, 0.1) is 0 Å². The third kappa shape index (κ3) is 7.79. The first-order valence-electron chi connectivity index (χ1n) is 10.9. The fourth-order valence-electron chi connectivity index (χ4n) is 3.68. The van der Waals surface area contributed by atoms with E-state index in [0.29, 0.717) is 0 Å². The molecule has 0 bridgehead atoms. The van der Waals surface area contributed by atoms with E-state index < -0.39 is 15.1 Å². The van der Waals surface area contributed by atoms with E-state index >= 15 is 0 Å². The molecule has 0 heterocycles. The van der Waals surface area contributed by atoms with E-state index in [1.54, 1.807) is 0 Å². The number of rotatable bonds is 15. The largest absolute Gasteiger partial charge is 1.00 e. The molecule has 0 aliphatic heterocycles. The Morgan fingerprint density at radius 2 is 0.615 bits per heavy atom. The summed E-state index contributed by atoms with van der Waals surface area (Å²) in [6.45, 7) is 20.0. The van der Waals surface area contributed by atoms with Crippen molar-refractivity contribution in [2.24, 2.45) is 0 Å². The molecule has 0 atom stereocenters. The average Bonchev–Trinajstić information content (AvgIpc) is 2.68. The summed E-state index contributed by atoms with van der Waals surface area (Å²) in [4.78, 5) is 0. The van der Waals surface area contributed by atoms with Gasteiger partial charge >= 0.3 is 34.0 Å². The first-order valence-corrected chi connectivity index (χ1v) is 12.3. The second-order valence-corrected chi connectivity index (χ2v) is 8.66. The minimum absolute atomic E-state index is 0. The zero-order valence-electron chi connectivity index (χ0n) is 20.7. The van der Waals surface area contributed by atoms with Crippen LogP contribution in [0.15, 0.2) is 0 Å². The third-order valence-corrected chi connectivity index (χ3v) is 8.92. The summed E-state index contributed by atoms with van der Waals surface area (Å²) in [5.74, 6) is 0. The maximum absolute atomic E-state index is 6.70. The van der Waals surface area contributed by atoms with Gasteiger partial charge in [-0.15, -0.1) is 0 Å². The van der Waals surface area contributed by atoms with E-state index in [1.165, 1.54) is 0 Å². The van der Waals surface area contributed by atoms with Gasteiger partial charge in [-0.05, 0) is 57.8 Å². The SMILES string of the molecule is CCC(CC)(CC)[O][Al]([O]C(CC)(CC)CC)[O]C(CC)(CC)CC.[H-].[Li+]. The van der Waals surface area contributed by atoms with Crippen LogP contribution in [0.3, 0.4) is 0 Å². The quantitative estimate of drug-likeness (QED) is 0.401. The maximum atomic E-state index is 6.70. The maximum Gasteiger partial charge on any atom is 1.00 e. The number of hydrogen-bond acceptors (Lipinski definition) is 3. The Morgan fingerprint density at radius 1 is 0.462 bits per heavy atom. The van der Waals surface area contributed by atoms with Gasteiger partial charge in [0, 0.05) is 16.8 Å². The molecule has 5 heteroatoms. The molecule has 0 radical (unpaired) electrons. The minimum atomic E-state index is -2.27. The van der Waals surface area contributed by atoms with Gasteiger partial charge in [0.1, 0.15) is 0 Å². The van der Waals surface area contributed by atoms with E-state index in [9.17, 15) is 0 Å². The monoisotopic (exact) mass is 380 g/mol. The van der Waals surface area contributed by atoms with Gasteiger partial charge in [-0.1, -0.05) is 62.3 Å². The van der Waals surface area contributed by atoms with E-state index in [0.717, 1.165) is 57.8 Å². The molecule has 0 aromatic rings. The molecule has 0 spiro atoms. The van der Waals surface area contributed by atoms with E-state index in [-0.39, 0.29) is 37.1 Å². The van der Waals surface area contributed by atoms with Gasteiger partial charge in [-0.3, -0.25) is 0 Å². The van der Waals surface area contributed by atoms with Crippen LogP contribution in [0.2, 0.25) is 0 Å². The predicted molar refractivity (Wildman–Crippen MR) is 111 cm³/mol. The van der Waals surface area contributed by atoms with Crippen LogP contribution < -0.4 is 18.9 Å². The Balaban J connectivity index is -0.00000288. The molecule has 0 N–H and O–H groups in total. The van der Waals surface area contributed by atoms with Gasteiger partial charge in [0.05, 0.1) is 0 Å². The summed E-state index contributed by atoms with van der Waals surface area (Å²) in [6, 6.07) is 0. The van der Waals surface area contributed by atoms with Crippen LogP contribution >= 0.6 is 0 Å². The molecular weight excluding hydrogens is 334 g/mol. The van der Waals surface area contributed by atoms with Crippen molar-refractivity contribution >= 4 is 15.1 Å². The molecule has 0 rings (SSSR count). The second kappa shape index (κ2) is 14.1. The van der Waals surface area contributed by atoms with E-state index in [1.807, 2.05) is 0 Å². The molecule has 0 aliphatic carbocycles. The molecule has 0 aromatic heterocycles. The van der Waals surface area contributed by atoms with Crippen molar-refractivity contribution in [2.75, 3.05) is 0 Å².